The first-order valence-corrected chi connectivity index (χ1v) is 4.74. The number of allylic oxidation sites excluding steroid dienone is 12. The fraction of sp³-hybridized carbons (Fsp3) is 0. The van der Waals surface area contributed by atoms with E-state index in [1.807, 2.05) is 60.8 Å². The first-order valence-electron chi connectivity index (χ1n) is 4.74. The maximum Gasteiger partial charge on any atom is -0.0109 e. The van der Waals surface area contributed by atoms with Crippen LogP contribution in [0.15, 0.2) is 90.1 Å². The second kappa shape index (κ2) is 8.38. The van der Waals surface area contributed by atoms with Crippen LogP contribution in [0.4, 0.5) is 0 Å². The molecule has 1 aliphatic rings. The molecule has 0 unspecified atom stereocenters. The molecule has 0 N–H and O–H groups in total. The SMILES string of the molecule is C1=C=C/C=C/C=C\C=C\C=C\C=C\C=C=1. The Kier molecular flexibility index (Phi) is 6.07. The standard InChI is InChI=1S/C15H12/c1-2-4-6-8-10-12-14-15-13-11-9-7-5-3-1/h1-12H/b2-1+,5-3-,6-4+,9-7+,10-8+. The van der Waals surface area contributed by atoms with E-state index in [9.17, 15) is 0 Å². The largest absolute Gasteiger partial charge is 0.0623 e. The molecule has 1 aliphatic carbocycles. The molecule has 0 aliphatic heterocycles. The van der Waals surface area contributed by atoms with Gasteiger partial charge in [-0.25, -0.2) is 0 Å². The number of rotatable bonds is 0. The van der Waals surface area contributed by atoms with E-state index in [1.165, 1.54) is 0 Å². The molecule has 0 saturated carbocycles. The molecule has 0 spiro atoms. The number of hydrogen-bond donors (Lipinski definition) is 0. The van der Waals surface area contributed by atoms with Crippen LogP contribution in [0.5, 0.6) is 0 Å². The van der Waals surface area contributed by atoms with Crippen LogP contribution in [0.3, 0.4) is 0 Å². The molecule has 0 nitrogen and oxygen atoms in total. The first kappa shape index (κ1) is 10.9. The van der Waals surface area contributed by atoms with Gasteiger partial charge in [-0.3, -0.25) is 0 Å². The summed E-state index contributed by atoms with van der Waals surface area (Å²) >= 11 is 0. The van der Waals surface area contributed by atoms with Crippen LogP contribution < -0.4 is 0 Å². The van der Waals surface area contributed by atoms with Crippen molar-refractivity contribution in [3.05, 3.63) is 90.1 Å². The van der Waals surface area contributed by atoms with Crippen molar-refractivity contribution in [1.82, 2.24) is 0 Å². The summed E-state index contributed by atoms with van der Waals surface area (Å²) in [6.07, 6.45) is 23.0. The van der Waals surface area contributed by atoms with E-state index in [2.05, 4.69) is 17.2 Å². The third-order valence-electron chi connectivity index (χ3n) is 1.50. The molecule has 0 radical (unpaired) electrons. The summed E-state index contributed by atoms with van der Waals surface area (Å²) in [5.41, 5.74) is 8.47. The zero-order chi connectivity index (χ0) is 10.6. The Morgan fingerprint density at radius 2 is 0.733 bits per heavy atom. The van der Waals surface area contributed by atoms with E-state index in [0.29, 0.717) is 0 Å². The van der Waals surface area contributed by atoms with Gasteiger partial charge in [-0.05, 0) is 17.9 Å². The summed E-state index contributed by atoms with van der Waals surface area (Å²) in [7, 11) is 0. The minimum absolute atomic E-state index is 1.79. The van der Waals surface area contributed by atoms with Crippen LogP contribution in [-0.4, -0.2) is 0 Å². The second-order valence-electron chi connectivity index (χ2n) is 2.67. The average Bonchev–Trinajstić information content (AvgIpc) is 2.27. The molecule has 0 amide bonds. The Morgan fingerprint density at radius 3 is 1.13 bits per heavy atom. The quantitative estimate of drug-likeness (QED) is 0.512. The summed E-state index contributed by atoms with van der Waals surface area (Å²) in [6, 6.07) is 0. The summed E-state index contributed by atoms with van der Waals surface area (Å²) in [5.74, 6) is 0. The van der Waals surface area contributed by atoms with Crippen molar-refractivity contribution in [2.24, 2.45) is 0 Å². The fourth-order valence-electron chi connectivity index (χ4n) is 0.846. The lowest BCUT2D eigenvalue weighted by atomic mass is 10.3. The predicted octanol–water partition coefficient (Wildman–Crippen LogP) is 3.80. The zero-order valence-corrected chi connectivity index (χ0v) is 8.43. The van der Waals surface area contributed by atoms with Gasteiger partial charge >= 0.3 is 0 Å². The van der Waals surface area contributed by atoms with E-state index in [4.69, 9.17) is 0 Å². The van der Waals surface area contributed by atoms with Gasteiger partial charge in [-0.15, -0.1) is 0 Å². The van der Waals surface area contributed by atoms with Gasteiger partial charge in [0, 0.05) is 0 Å². The minimum Gasteiger partial charge on any atom is -0.0623 e. The molecular formula is C15H12. The fourth-order valence-corrected chi connectivity index (χ4v) is 0.846. The highest BCUT2D eigenvalue weighted by Gasteiger charge is 1.63. The molecule has 0 fully saturated rings. The van der Waals surface area contributed by atoms with Crippen molar-refractivity contribution in [3.63, 3.8) is 0 Å². The average molecular weight is 192 g/mol. The predicted molar refractivity (Wildman–Crippen MR) is 65.4 cm³/mol. The molecule has 15 heavy (non-hydrogen) atoms. The van der Waals surface area contributed by atoms with Gasteiger partial charge in [0.05, 0.1) is 0 Å². The molecule has 0 atom stereocenters. The monoisotopic (exact) mass is 192 g/mol. The van der Waals surface area contributed by atoms with Crippen molar-refractivity contribution in [2.45, 2.75) is 0 Å². The lowest BCUT2D eigenvalue weighted by Gasteiger charge is -1.73. The molecule has 0 aromatic rings. The Hall–Kier alpha value is -2.22. The molecule has 0 heterocycles. The Bertz CT molecular complexity index is 406. The van der Waals surface area contributed by atoms with E-state index >= 15 is 0 Å². The van der Waals surface area contributed by atoms with Crippen LogP contribution in [0.2, 0.25) is 0 Å². The normalized spacial score (nSPS) is 25.1. The van der Waals surface area contributed by atoms with Gasteiger partial charge in [0.1, 0.15) is 0 Å². The Morgan fingerprint density at radius 1 is 0.400 bits per heavy atom. The smallest absolute Gasteiger partial charge is 0.0109 e. The lowest BCUT2D eigenvalue weighted by Crippen LogP contribution is -1.51. The third-order valence-corrected chi connectivity index (χ3v) is 1.50. The number of hydrogen-bond acceptors (Lipinski definition) is 0. The highest BCUT2D eigenvalue weighted by atomic mass is 13.7. The molecule has 0 aromatic carbocycles. The Labute approximate surface area is 90.6 Å². The summed E-state index contributed by atoms with van der Waals surface area (Å²) in [5, 5.41) is 0. The van der Waals surface area contributed by atoms with Crippen LogP contribution in [-0.2, 0) is 0 Å². The molecule has 72 valence electrons. The lowest BCUT2D eigenvalue weighted by molar-refractivity contribution is 1.84. The van der Waals surface area contributed by atoms with Crippen molar-refractivity contribution in [2.75, 3.05) is 0 Å². The van der Waals surface area contributed by atoms with Crippen LogP contribution in [0.25, 0.3) is 0 Å². The minimum atomic E-state index is 1.79. The Balaban J connectivity index is 2.89. The van der Waals surface area contributed by atoms with Gasteiger partial charge in [0.15, 0.2) is 0 Å². The summed E-state index contributed by atoms with van der Waals surface area (Å²) < 4.78 is 0. The summed E-state index contributed by atoms with van der Waals surface area (Å²) in [6.45, 7) is 0. The van der Waals surface area contributed by atoms with Crippen LogP contribution >= 0.6 is 0 Å². The summed E-state index contributed by atoms with van der Waals surface area (Å²) in [4.78, 5) is 0. The molecule has 0 aromatic heterocycles. The third kappa shape index (κ3) is 6.90. The van der Waals surface area contributed by atoms with E-state index < -0.39 is 0 Å². The van der Waals surface area contributed by atoms with Crippen molar-refractivity contribution >= 4 is 0 Å². The van der Waals surface area contributed by atoms with Crippen LogP contribution in [0, 0.1) is 0 Å². The molecule has 1 rings (SSSR count). The van der Waals surface area contributed by atoms with Gasteiger partial charge < -0.3 is 0 Å². The highest BCUT2D eigenvalue weighted by Crippen LogP contribution is 1.85. The van der Waals surface area contributed by atoms with E-state index in [-0.39, 0.29) is 0 Å². The van der Waals surface area contributed by atoms with E-state index in [0.717, 1.165) is 0 Å². The van der Waals surface area contributed by atoms with Crippen LogP contribution in [0.1, 0.15) is 0 Å². The molecule has 0 heteroatoms. The molecular weight excluding hydrogens is 180 g/mol. The second-order valence-corrected chi connectivity index (χ2v) is 2.67. The van der Waals surface area contributed by atoms with Crippen molar-refractivity contribution in [1.29, 1.82) is 0 Å². The van der Waals surface area contributed by atoms with Gasteiger partial charge in [0.2, 0.25) is 0 Å². The van der Waals surface area contributed by atoms with Gasteiger partial charge in [-0.2, -0.15) is 0 Å². The topological polar surface area (TPSA) is 0 Å². The van der Waals surface area contributed by atoms with Gasteiger partial charge in [-0.1, -0.05) is 72.2 Å². The highest BCUT2D eigenvalue weighted by molar-refractivity contribution is 5.20. The maximum absolute atomic E-state index is 2.85. The first-order chi connectivity index (χ1) is 7.50. The van der Waals surface area contributed by atoms with Gasteiger partial charge in [0.25, 0.3) is 0 Å². The van der Waals surface area contributed by atoms with E-state index in [1.54, 1.807) is 12.2 Å². The zero-order valence-electron chi connectivity index (χ0n) is 8.43. The van der Waals surface area contributed by atoms with Crippen molar-refractivity contribution < 1.29 is 0 Å². The maximum atomic E-state index is 2.85. The molecule has 0 bridgehead atoms. The molecule has 0 saturated heterocycles. The van der Waals surface area contributed by atoms with Crippen molar-refractivity contribution in [3.8, 4) is 0 Å².